The molecule has 0 unspecified atom stereocenters. The first kappa shape index (κ1) is 16.4. The lowest BCUT2D eigenvalue weighted by molar-refractivity contribution is -0.144. The van der Waals surface area contributed by atoms with Crippen molar-refractivity contribution in [1.29, 1.82) is 0 Å². The average Bonchev–Trinajstić information content (AvgIpc) is 2.33. The number of carboxylic acid groups (broad SMARTS) is 1. The molecule has 4 N–H and O–H groups in total. The molecule has 0 heterocycles. The van der Waals surface area contributed by atoms with Crippen LogP contribution in [0.15, 0.2) is 0 Å². The number of ether oxygens (including phenoxy) is 1. The SMILES string of the molecule is CCC[C@H](N)C(=O)N[C@H](CCC(=O)OC)C(=O)O. The molecule has 2 atom stereocenters. The minimum atomic E-state index is -1.20. The van der Waals surface area contributed by atoms with E-state index in [2.05, 4.69) is 10.1 Å². The summed E-state index contributed by atoms with van der Waals surface area (Å²) in [7, 11) is 1.22. The van der Waals surface area contributed by atoms with Crippen molar-refractivity contribution in [3.8, 4) is 0 Å². The first-order chi connectivity index (χ1) is 8.42. The van der Waals surface area contributed by atoms with Crippen LogP contribution in [0.25, 0.3) is 0 Å². The summed E-state index contributed by atoms with van der Waals surface area (Å²) in [6.45, 7) is 1.87. The molecule has 0 radical (unpaired) electrons. The Morgan fingerprint density at radius 1 is 1.33 bits per heavy atom. The topological polar surface area (TPSA) is 119 Å². The van der Waals surface area contributed by atoms with E-state index in [-0.39, 0.29) is 12.8 Å². The van der Waals surface area contributed by atoms with E-state index in [0.717, 1.165) is 6.42 Å². The van der Waals surface area contributed by atoms with Crippen LogP contribution in [0.4, 0.5) is 0 Å². The Morgan fingerprint density at radius 3 is 2.39 bits per heavy atom. The third kappa shape index (κ3) is 6.19. The van der Waals surface area contributed by atoms with Crippen LogP contribution in [0, 0.1) is 0 Å². The molecular weight excluding hydrogens is 240 g/mol. The van der Waals surface area contributed by atoms with Crippen LogP contribution < -0.4 is 11.1 Å². The van der Waals surface area contributed by atoms with Gasteiger partial charge in [0.05, 0.1) is 13.2 Å². The number of carbonyl (C=O) groups excluding carboxylic acids is 2. The van der Waals surface area contributed by atoms with E-state index < -0.39 is 29.9 Å². The van der Waals surface area contributed by atoms with Crippen LogP contribution in [0.1, 0.15) is 32.6 Å². The fourth-order valence-electron chi connectivity index (χ4n) is 1.34. The van der Waals surface area contributed by atoms with Gasteiger partial charge < -0.3 is 20.9 Å². The molecule has 0 aliphatic heterocycles. The summed E-state index contributed by atoms with van der Waals surface area (Å²) >= 11 is 0. The number of methoxy groups -OCH3 is 1. The molecule has 0 aromatic rings. The zero-order valence-electron chi connectivity index (χ0n) is 10.6. The van der Waals surface area contributed by atoms with Gasteiger partial charge in [0.1, 0.15) is 6.04 Å². The second-order valence-electron chi connectivity index (χ2n) is 3.91. The highest BCUT2D eigenvalue weighted by atomic mass is 16.5. The molecule has 7 heteroatoms. The van der Waals surface area contributed by atoms with Crippen LogP contribution in [-0.4, -0.2) is 42.1 Å². The molecule has 0 bridgehead atoms. The highest BCUT2D eigenvalue weighted by molar-refractivity contribution is 5.87. The van der Waals surface area contributed by atoms with Crippen molar-refractivity contribution in [3.05, 3.63) is 0 Å². The Labute approximate surface area is 106 Å². The quantitative estimate of drug-likeness (QED) is 0.513. The van der Waals surface area contributed by atoms with Crippen molar-refractivity contribution in [3.63, 3.8) is 0 Å². The van der Waals surface area contributed by atoms with Crippen molar-refractivity contribution >= 4 is 17.8 Å². The predicted molar refractivity (Wildman–Crippen MR) is 63.7 cm³/mol. The maximum absolute atomic E-state index is 11.5. The smallest absolute Gasteiger partial charge is 0.326 e. The molecule has 0 rings (SSSR count). The molecule has 0 saturated carbocycles. The molecular formula is C11H20N2O5. The highest BCUT2D eigenvalue weighted by Crippen LogP contribution is 2.01. The van der Waals surface area contributed by atoms with Gasteiger partial charge in [-0.25, -0.2) is 4.79 Å². The van der Waals surface area contributed by atoms with E-state index in [0.29, 0.717) is 6.42 Å². The number of nitrogens with two attached hydrogens (primary N) is 1. The third-order valence-corrected chi connectivity index (χ3v) is 2.42. The van der Waals surface area contributed by atoms with Gasteiger partial charge in [0, 0.05) is 6.42 Å². The second-order valence-corrected chi connectivity index (χ2v) is 3.91. The lowest BCUT2D eigenvalue weighted by Crippen LogP contribution is -2.48. The Kier molecular flexibility index (Phi) is 7.69. The maximum Gasteiger partial charge on any atom is 0.326 e. The standard InChI is InChI=1S/C11H20N2O5/c1-3-4-7(12)10(15)13-8(11(16)17)5-6-9(14)18-2/h7-8H,3-6,12H2,1-2H3,(H,13,15)(H,16,17)/t7-,8+/m0/s1. The lowest BCUT2D eigenvalue weighted by Gasteiger charge is -2.17. The van der Waals surface area contributed by atoms with Crippen LogP contribution in [0.5, 0.6) is 0 Å². The van der Waals surface area contributed by atoms with Crippen molar-refractivity contribution in [2.75, 3.05) is 7.11 Å². The van der Waals surface area contributed by atoms with E-state index >= 15 is 0 Å². The fraction of sp³-hybridized carbons (Fsp3) is 0.727. The monoisotopic (exact) mass is 260 g/mol. The number of carbonyl (C=O) groups is 3. The van der Waals surface area contributed by atoms with E-state index in [1.807, 2.05) is 6.92 Å². The number of nitrogens with one attached hydrogen (secondary N) is 1. The molecule has 0 aliphatic rings. The number of aliphatic carboxylic acids is 1. The Morgan fingerprint density at radius 2 is 1.94 bits per heavy atom. The highest BCUT2D eigenvalue weighted by Gasteiger charge is 2.23. The van der Waals surface area contributed by atoms with Gasteiger partial charge in [-0.1, -0.05) is 13.3 Å². The van der Waals surface area contributed by atoms with E-state index in [4.69, 9.17) is 10.8 Å². The summed E-state index contributed by atoms with van der Waals surface area (Å²) in [5.41, 5.74) is 5.56. The van der Waals surface area contributed by atoms with Crippen molar-refractivity contribution in [2.45, 2.75) is 44.7 Å². The van der Waals surface area contributed by atoms with Gasteiger partial charge in [-0.3, -0.25) is 9.59 Å². The van der Waals surface area contributed by atoms with Crippen LogP contribution in [-0.2, 0) is 19.1 Å². The Bertz CT molecular complexity index is 306. The molecule has 7 nitrogen and oxygen atoms in total. The molecule has 1 amide bonds. The Hall–Kier alpha value is -1.63. The first-order valence-corrected chi connectivity index (χ1v) is 5.77. The molecule has 0 aromatic heterocycles. The number of rotatable bonds is 8. The fourth-order valence-corrected chi connectivity index (χ4v) is 1.34. The van der Waals surface area contributed by atoms with Gasteiger partial charge in [0.15, 0.2) is 0 Å². The van der Waals surface area contributed by atoms with Gasteiger partial charge in [-0.2, -0.15) is 0 Å². The molecule has 0 spiro atoms. The molecule has 18 heavy (non-hydrogen) atoms. The van der Waals surface area contributed by atoms with E-state index in [1.165, 1.54) is 7.11 Å². The summed E-state index contributed by atoms with van der Waals surface area (Å²) < 4.78 is 4.40. The number of carboxylic acids is 1. The van der Waals surface area contributed by atoms with Gasteiger partial charge in [0.2, 0.25) is 5.91 Å². The molecule has 0 saturated heterocycles. The number of amides is 1. The van der Waals surface area contributed by atoms with Crippen LogP contribution in [0.3, 0.4) is 0 Å². The van der Waals surface area contributed by atoms with Crippen molar-refractivity contribution in [2.24, 2.45) is 5.73 Å². The van der Waals surface area contributed by atoms with Crippen molar-refractivity contribution in [1.82, 2.24) is 5.32 Å². The van der Waals surface area contributed by atoms with Crippen LogP contribution >= 0.6 is 0 Å². The minimum Gasteiger partial charge on any atom is -0.480 e. The summed E-state index contributed by atoms with van der Waals surface area (Å²) in [5.74, 6) is -2.24. The summed E-state index contributed by atoms with van der Waals surface area (Å²) in [6.07, 6.45) is 1.12. The second kappa shape index (κ2) is 8.46. The van der Waals surface area contributed by atoms with Gasteiger partial charge in [-0.05, 0) is 12.8 Å². The first-order valence-electron chi connectivity index (χ1n) is 5.77. The summed E-state index contributed by atoms with van der Waals surface area (Å²) in [4.78, 5) is 33.4. The largest absolute Gasteiger partial charge is 0.480 e. The van der Waals surface area contributed by atoms with Gasteiger partial charge in [0.25, 0.3) is 0 Å². The summed E-state index contributed by atoms with van der Waals surface area (Å²) in [5, 5.41) is 11.2. The molecule has 104 valence electrons. The molecule has 0 fully saturated rings. The summed E-state index contributed by atoms with van der Waals surface area (Å²) in [6, 6.07) is -1.85. The minimum absolute atomic E-state index is 0.0212. The average molecular weight is 260 g/mol. The Balaban J connectivity index is 4.31. The zero-order valence-corrected chi connectivity index (χ0v) is 10.6. The van der Waals surface area contributed by atoms with Gasteiger partial charge in [-0.15, -0.1) is 0 Å². The zero-order chi connectivity index (χ0) is 14.1. The number of hydrogen-bond donors (Lipinski definition) is 3. The predicted octanol–water partition coefficient (Wildman–Crippen LogP) is -0.364. The molecule has 0 aromatic carbocycles. The van der Waals surface area contributed by atoms with E-state index in [1.54, 1.807) is 0 Å². The third-order valence-electron chi connectivity index (χ3n) is 2.42. The number of esters is 1. The van der Waals surface area contributed by atoms with Gasteiger partial charge >= 0.3 is 11.9 Å². The van der Waals surface area contributed by atoms with Crippen molar-refractivity contribution < 1.29 is 24.2 Å². The van der Waals surface area contributed by atoms with E-state index in [9.17, 15) is 14.4 Å². The van der Waals surface area contributed by atoms with Crippen LogP contribution in [0.2, 0.25) is 0 Å². The number of hydrogen-bond acceptors (Lipinski definition) is 5. The normalized spacial score (nSPS) is 13.5. The lowest BCUT2D eigenvalue weighted by atomic mass is 10.1. The molecule has 0 aliphatic carbocycles. The maximum atomic E-state index is 11.5.